The van der Waals surface area contributed by atoms with Crippen LogP contribution in [0.4, 0.5) is 0 Å². The fourth-order valence-electron chi connectivity index (χ4n) is 4.64. The van der Waals surface area contributed by atoms with Gasteiger partial charge in [-0.05, 0) is 31.7 Å². The standard InChI is InChI=1S/C22H29N3O2/c1-24-15-19(18-9-5-6-10-20(18)24)21(26)23-17-11-13-25(14-12-17)22(27)16-7-3-2-4-8-16/h5-6,9-10,15-17H,2-4,7-8,11-14H2,1H3,(H,23,26). The lowest BCUT2D eigenvalue weighted by molar-refractivity contribution is -0.137. The van der Waals surface area contributed by atoms with Crippen molar-refractivity contribution >= 4 is 22.7 Å². The van der Waals surface area contributed by atoms with Gasteiger partial charge >= 0.3 is 0 Å². The summed E-state index contributed by atoms with van der Waals surface area (Å²) in [7, 11) is 1.97. The Bertz CT molecular complexity index is 827. The molecule has 1 N–H and O–H groups in total. The molecular weight excluding hydrogens is 338 g/mol. The van der Waals surface area contributed by atoms with Gasteiger partial charge in [-0.25, -0.2) is 0 Å². The summed E-state index contributed by atoms with van der Waals surface area (Å²) in [5.74, 6) is 0.568. The van der Waals surface area contributed by atoms with Gasteiger partial charge < -0.3 is 14.8 Å². The maximum atomic E-state index is 12.8. The molecule has 2 fully saturated rings. The van der Waals surface area contributed by atoms with Crippen LogP contribution in [0, 0.1) is 5.92 Å². The van der Waals surface area contributed by atoms with Gasteiger partial charge in [-0.3, -0.25) is 9.59 Å². The molecule has 0 spiro atoms. The topological polar surface area (TPSA) is 54.3 Å². The summed E-state index contributed by atoms with van der Waals surface area (Å²) in [6.45, 7) is 1.52. The Morgan fingerprint density at radius 2 is 1.70 bits per heavy atom. The fourth-order valence-corrected chi connectivity index (χ4v) is 4.64. The summed E-state index contributed by atoms with van der Waals surface area (Å²) >= 11 is 0. The highest BCUT2D eigenvalue weighted by molar-refractivity contribution is 6.07. The minimum absolute atomic E-state index is 0.0103. The minimum atomic E-state index is -0.0103. The maximum absolute atomic E-state index is 12.8. The first-order valence-electron chi connectivity index (χ1n) is 10.3. The minimum Gasteiger partial charge on any atom is -0.350 e. The third-order valence-electron chi connectivity index (χ3n) is 6.24. The summed E-state index contributed by atoms with van der Waals surface area (Å²) in [5, 5.41) is 4.18. The van der Waals surface area contributed by atoms with E-state index in [0.29, 0.717) is 5.91 Å². The molecule has 0 atom stereocenters. The van der Waals surface area contributed by atoms with Crippen molar-refractivity contribution in [3.05, 3.63) is 36.0 Å². The maximum Gasteiger partial charge on any atom is 0.253 e. The molecule has 1 aliphatic carbocycles. The molecule has 0 unspecified atom stereocenters. The molecule has 0 bridgehead atoms. The molecule has 144 valence electrons. The molecule has 4 rings (SSSR count). The van der Waals surface area contributed by atoms with Crippen LogP contribution in [0.3, 0.4) is 0 Å². The lowest BCUT2D eigenvalue weighted by Crippen LogP contribution is -2.48. The Morgan fingerprint density at radius 3 is 2.44 bits per heavy atom. The number of nitrogens with one attached hydrogen (secondary N) is 1. The van der Waals surface area contributed by atoms with Crippen molar-refractivity contribution in [1.82, 2.24) is 14.8 Å². The summed E-state index contributed by atoms with van der Waals surface area (Å²) < 4.78 is 2.00. The molecule has 1 saturated heterocycles. The van der Waals surface area contributed by atoms with E-state index in [1.807, 2.05) is 47.0 Å². The molecule has 2 aliphatic rings. The second kappa shape index (κ2) is 7.75. The highest BCUT2D eigenvalue weighted by Gasteiger charge is 2.29. The van der Waals surface area contributed by atoms with Gasteiger partial charge in [0, 0.05) is 49.2 Å². The molecule has 1 aromatic heterocycles. The van der Waals surface area contributed by atoms with Crippen LogP contribution in [0.2, 0.25) is 0 Å². The van der Waals surface area contributed by atoms with Gasteiger partial charge in [0.1, 0.15) is 0 Å². The van der Waals surface area contributed by atoms with Crippen molar-refractivity contribution in [2.75, 3.05) is 13.1 Å². The van der Waals surface area contributed by atoms with Crippen molar-refractivity contribution in [2.24, 2.45) is 13.0 Å². The van der Waals surface area contributed by atoms with Gasteiger partial charge in [0.2, 0.25) is 5.91 Å². The predicted octanol–water partition coefficient (Wildman–Crippen LogP) is 3.48. The van der Waals surface area contributed by atoms with E-state index in [2.05, 4.69) is 5.32 Å². The average molecular weight is 367 g/mol. The summed E-state index contributed by atoms with van der Waals surface area (Å²) in [6, 6.07) is 8.13. The zero-order valence-electron chi connectivity index (χ0n) is 16.1. The van der Waals surface area contributed by atoms with Crippen LogP contribution in [-0.2, 0) is 11.8 Å². The Morgan fingerprint density at radius 1 is 1.00 bits per heavy atom. The Balaban J connectivity index is 1.35. The summed E-state index contributed by atoms with van der Waals surface area (Å²) in [6.07, 6.45) is 9.34. The SMILES string of the molecule is Cn1cc(C(=O)NC2CCN(C(=O)C3CCCCC3)CC2)c2ccccc21. The van der Waals surface area contributed by atoms with Crippen LogP contribution >= 0.6 is 0 Å². The Kier molecular flexibility index (Phi) is 5.19. The molecule has 2 heterocycles. The van der Waals surface area contributed by atoms with E-state index in [1.54, 1.807) is 0 Å². The average Bonchev–Trinajstić information content (AvgIpc) is 3.06. The van der Waals surface area contributed by atoms with Gasteiger partial charge in [0.15, 0.2) is 0 Å². The van der Waals surface area contributed by atoms with Crippen molar-refractivity contribution in [3.8, 4) is 0 Å². The molecule has 1 aromatic carbocycles. The van der Waals surface area contributed by atoms with Crippen LogP contribution < -0.4 is 5.32 Å². The van der Waals surface area contributed by atoms with Gasteiger partial charge in [0.05, 0.1) is 5.56 Å². The predicted molar refractivity (Wildman–Crippen MR) is 107 cm³/mol. The lowest BCUT2D eigenvalue weighted by Gasteiger charge is -2.35. The van der Waals surface area contributed by atoms with Crippen LogP contribution in [0.1, 0.15) is 55.3 Å². The number of hydrogen-bond acceptors (Lipinski definition) is 2. The molecule has 27 heavy (non-hydrogen) atoms. The first-order chi connectivity index (χ1) is 13.1. The van der Waals surface area contributed by atoms with Gasteiger partial charge in [-0.2, -0.15) is 0 Å². The van der Waals surface area contributed by atoms with Crippen LogP contribution in [-0.4, -0.2) is 40.4 Å². The second-order valence-electron chi connectivity index (χ2n) is 8.08. The molecule has 5 heteroatoms. The molecule has 2 amide bonds. The van der Waals surface area contributed by atoms with Gasteiger partial charge in [-0.1, -0.05) is 37.5 Å². The van der Waals surface area contributed by atoms with E-state index in [4.69, 9.17) is 0 Å². The molecule has 2 aromatic rings. The number of likely N-dealkylation sites (tertiary alicyclic amines) is 1. The van der Waals surface area contributed by atoms with Gasteiger partial charge in [-0.15, -0.1) is 0 Å². The number of aryl methyl sites for hydroxylation is 1. The van der Waals surface area contributed by atoms with E-state index in [1.165, 1.54) is 19.3 Å². The second-order valence-corrected chi connectivity index (χ2v) is 8.08. The molecule has 0 radical (unpaired) electrons. The quantitative estimate of drug-likeness (QED) is 0.903. The number of para-hydroxylation sites is 1. The first kappa shape index (κ1) is 18.1. The number of rotatable bonds is 3. The number of aromatic nitrogens is 1. The van der Waals surface area contributed by atoms with Crippen molar-refractivity contribution in [1.29, 1.82) is 0 Å². The number of nitrogens with zero attached hydrogens (tertiary/aromatic N) is 2. The zero-order valence-corrected chi connectivity index (χ0v) is 16.1. The third-order valence-corrected chi connectivity index (χ3v) is 6.24. The van der Waals surface area contributed by atoms with Crippen LogP contribution in [0.15, 0.2) is 30.5 Å². The summed E-state index contributed by atoms with van der Waals surface area (Å²) in [5.41, 5.74) is 1.80. The number of amides is 2. The van der Waals surface area contributed by atoms with E-state index in [0.717, 1.165) is 55.2 Å². The fraction of sp³-hybridized carbons (Fsp3) is 0.545. The number of piperidine rings is 1. The van der Waals surface area contributed by atoms with Crippen molar-refractivity contribution in [3.63, 3.8) is 0 Å². The molecular formula is C22H29N3O2. The number of benzene rings is 1. The molecule has 5 nitrogen and oxygen atoms in total. The largest absolute Gasteiger partial charge is 0.350 e. The number of carbonyl (C=O) groups excluding carboxylic acids is 2. The molecule has 1 aliphatic heterocycles. The third kappa shape index (κ3) is 3.73. The number of hydrogen-bond donors (Lipinski definition) is 1. The number of carbonyl (C=O) groups is 2. The van der Waals surface area contributed by atoms with Crippen molar-refractivity contribution in [2.45, 2.75) is 51.0 Å². The normalized spacial score (nSPS) is 19.4. The van der Waals surface area contributed by atoms with Gasteiger partial charge in [0.25, 0.3) is 5.91 Å². The lowest BCUT2D eigenvalue weighted by atomic mass is 9.87. The van der Waals surface area contributed by atoms with E-state index in [-0.39, 0.29) is 17.9 Å². The smallest absolute Gasteiger partial charge is 0.253 e. The van der Waals surface area contributed by atoms with E-state index < -0.39 is 0 Å². The molecule has 1 saturated carbocycles. The van der Waals surface area contributed by atoms with Crippen molar-refractivity contribution < 1.29 is 9.59 Å². The zero-order chi connectivity index (χ0) is 18.8. The monoisotopic (exact) mass is 367 g/mol. The first-order valence-corrected chi connectivity index (χ1v) is 10.3. The Hall–Kier alpha value is -2.30. The van der Waals surface area contributed by atoms with Crippen LogP contribution in [0.5, 0.6) is 0 Å². The van der Waals surface area contributed by atoms with E-state index >= 15 is 0 Å². The van der Waals surface area contributed by atoms with E-state index in [9.17, 15) is 9.59 Å². The summed E-state index contributed by atoms with van der Waals surface area (Å²) in [4.78, 5) is 27.5. The highest BCUT2D eigenvalue weighted by Crippen LogP contribution is 2.27. The number of fused-ring (bicyclic) bond motifs is 1. The highest BCUT2D eigenvalue weighted by atomic mass is 16.2. The van der Waals surface area contributed by atoms with Crippen LogP contribution in [0.25, 0.3) is 10.9 Å². The Labute approximate surface area is 160 Å².